The van der Waals surface area contributed by atoms with E-state index in [0.717, 1.165) is 0 Å². The largest absolute Gasteiger partial charge is 0.388 e. The maximum Gasteiger partial charge on any atom is 0.269 e. The van der Waals surface area contributed by atoms with Crippen LogP contribution in [-0.4, -0.2) is 10.0 Å². The zero-order chi connectivity index (χ0) is 14.7. The van der Waals surface area contributed by atoms with Gasteiger partial charge in [0.05, 0.1) is 15.5 Å². The Labute approximate surface area is 123 Å². The molecule has 2 rings (SSSR count). The number of hydrogen-bond donors (Lipinski definition) is 1. The molecule has 0 amide bonds. The first-order valence-corrected chi connectivity index (χ1v) is 6.63. The maximum absolute atomic E-state index is 13.8. The fourth-order valence-corrected chi connectivity index (χ4v) is 2.25. The van der Waals surface area contributed by atoms with E-state index in [1.807, 2.05) is 0 Å². The summed E-state index contributed by atoms with van der Waals surface area (Å²) in [6.45, 7) is 0. The van der Waals surface area contributed by atoms with Crippen molar-refractivity contribution >= 4 is 21.6 Å². The second-order valence-corrected chi connectivity index (χ2v) is 5.14. The van der Waals surface area contributed by atoms with Crippen molar-refractivity contribution in [2.45, 2.75) is 12.5 Å². The number of halogens is 2. The van der Waals surface area contributed by atoms with E-state index in [9.17, 15) is 19.6 Å². The van der Waals surface area contributed by atoms with Gasteiger partial charge in [-0.2, -0.15) is 0 Å². The molecule has 0 fully saturated rings. The smallest absolute Gasteiger partial charge is 0.269 e. The van der Waals surface area contributed by atoms with Crippen molar-refractivity contribution in [2.24, 2.45) is 0 Å². The highest BCUT2D eigenvalue weighted by Crippen LogP contribution is 2.26. The Hall–Kier alpha value is -1.79. The van der Waals surface area contributed by atoms with Gasteiger partial charge < -0.3 is 5.11 Å². The van der Waals surface area contributed by atoms with Crippen LogP contribution in [0.3, 0.4) is 0 Å². The summed E-state index contributed by atoms with van der Waals surface area (Å²) < 4.78 is 14.1. The van der Waals surface area contributed by atoms with Crippen molar-refractivity contribution in [1.82, 2.24) is 0 Å². The minimum atomic E-state index is -1.01. The lowest BCUT2D eigenvalue weighted by Gasteiger charge is -2.12. The molecule has 20 heavy (non-hydrogen) atoms. The monoisotopic (exact) mass is 339 g/mol. The van der Waals surface area contributed by atoms with Gasteiger partial charge in [0, 0.05) is 24.1 Å². The Kier molecular flexibility index (Phi) is 4.46. The van der Waals surface area contributed by atoms with Crippen LogP contribution in [0, 0.1) is 15.9 Å². The van der Waals surface area contributed by atoms with Crippen LogP contribution >= 0.6 is 15.9 Å². The highest BCUT2D eigenvalue weighted by Gasteiger charge is 2.15. The Bertz CT molecular complexity index is 631. The Morgan fingerprint density at radius 3 is 2.50 bits per heavy atom. The molecule has 1 unspecified atom stereocenters. The van der Waals surface area contributed by atoms with Crippen molar-refractivity contribution in [2.75, 3.05) is 0 Å². The molecule has 0 bridgehead atoms. The highest BCUT2D eigenvalue weighted by atomic mass is 79.9. The van der Waals surface area contributed by atoms with Crippen LogP contribution in [0.2, 0.25) is 0 Å². The van der Waals surface area contributed by atoms with Gasteiger partial charge in [0.15, 0.2) is 0 Å². The third kappa shape index (κ3) is 3.20. The van der Waals surface area contributed by atoms with Gasteiger partial charge in [-0.15, -0.1) is 0 Å². The summed E-state index contributed by atoms with van der Waals surface area (Å²) in [5.74, 6) is -0.498. The first-order chi connectivity index (χ1) is 9.49. The summed E-state index contributed by atoms with van der Waals surface area (Å²) in [6.07, 6.45) is -0.820. The molecular formula is C14H11BrFNO3. The van der Waals surface area contributed by atoms with Crippen LogP contribution in [0.15, 0.2) is 46.9 Å². The topological polar surface area (TPSA) is 63.4 Å². The number of nitrogens with zero attached hydrogens (tertiary/aromatic N) is 1. The summed E-state index contributed by atoms with van der Waals surface area (Å²) in [6, 6.07) is 10.5. The number of nitro benzene ring substituents is 1. The second-order valence-electron chi connectivity index (χ2n) is 4.29. The number of benzene rings is 2. The van der Waals surface area contributed by atoms with E-state index >= 15 is 0 Å². The molecule has 0 spiro atoms. The van der Waals surface area contributed by atoms with Crippen molar-refractivity contribution < 1.29 is 14.4 Å². The molecule has 0 radical (unpaired) electrons. The summed E-state index contributed by atoms with van der Waals surface area (Å²) in [4.78, 5) is 10.0. The summed E-state index contributed by atoms with van der Waals surface area (Å²) in [5.41, 5.74) is 0.872. The van der Waals surface area contributed by atoms with E-state index in [1.165, 1.54) is 18.2 Å². The molecule has 1 atom stereocenters. The predicted octanol–water partition coefficient (Wildman–Crippen LogP) is 3.77. The lowest BCUT2D eigenvalue weighted by atomic mass is 10.0. The fourth-order valence-electron chi connectivity index (χ4n) is 1.86. The molecule has 104 valence electrons. The van der Waals surface area contributed by atoms with Crippen LogP contribution in [0.25, 0.3) is 0 Å². The minimum Gasteiger partial charge on any atom is -0.388 e. The van der Waals surface area contributed by atoms with Crippen LogP contribution in [0.1, 0.15) is 17.2 Å². The molecule has 0 saturated heterocycles. The standard InChI is InChI=1S/C14H11BrFNO3/c15-12-3-1-2-11(14(12)16)13(18)8-9-4-6-10(7-5-9)17(19)20/h1-7,13,18H,8H2. The van der Waals surface area contributed by atoms with Gasteiger partial charge in [-0.1, -0.05) is 24.3 Å². The Morgan fingerprint density at radius 1 is 1.25 bits per heavy atom. The molecule has 6 heteroatoms. The first kappa shape index (κ1) is 14.6. The summed E-state index contributed by atoms with van der Waals surface area (Å²) in [7, 11) is 0. The van der Waals surface area contributed by atoms with Crippen molar-refractivity contribution in [3.05, 3.63) is 74.0 Å². The van der Waals surface area contributed by atoms with E-state index in [1.54, 1.807) is 24.3 Å². The van der Waals surface area contributed by atoms with Gasteiger partial charge in [-0.3, -0.25) is 10.1 Å². The van der Waals surface area contributed by atoms with Gasteiger partial charge in [0.1, 0.15) is 5.82 Å². The number of aliphatic hydroxyl groups excluding tert-OH is 1. The molecule has 0 aromatic heterocycles. The maximum atomic E-state index is 13.8. The van der Waals surface area contributed by atoms with E-state index in [4.69, 9.17) is 0 Å². The average molecular weight is 340 g/mol. The Morgan fingerprint density at radius 2 is 1.90 bits per heavy atom. The number of aliphatic hydroxyl groups is 1. The van der Waals surface area contributed by atoms with Crippen molar-refractivity contribution in [1.29, 1.82) is 0 Å². The molecule has 0 aliphatic carbocycles. The van der Waals surface area contributed by atoms with E-state index in [2.05, 4.69) is 15.9 Å². The predicted molar refractivity (Wildman–Crippen MR) is 75.9 cm³/mol. The van der Waals surface area contributed by atoms with E-state index in [0.29, 0.717) is 5.56 Å². The number of rotatable bonds is 4. The van der Waals surface area contributed by atoms with Crippen molar-refractivity contribution in [3.8, 4) is 0 Å². The molecule has 2 aromatic carbocycles. The van der Waals surface area contributed by atoms with Gasteiger partial charge in [0.2, 0.25) is 0 Å². The quantitative estimate of drug-likeness (QED) is 0.681. The zero-order valence-electron chi connectivity index (χ0n) is 10.3. The summed E-state index contributed by atoms with van der Waals surface area (Å²) >= 11 is 3.06. The molecule has 0 saturated carbocycles. The zero-order valence-corrected chi connectivity index (χ0v) is 11.9. The first-order valence-electron chi connectivity index (χ1n) is 5.84. The van der Waals surface area contributed by atoms with Gasteiger partial charge in [-0.25, -0.2) is 4.39 Å². The number of hydrogen-bond acceptors (Lipinski definition) is 3. The molecule has 4 nitrogen and oxygen atoms in total. The third-order valence-corrected chi connectivity index (χ3v) is 3.53. The Balaban J connectivity index is 2.17. The lowest BCUT2D eigenvalue weighted by Crippen LogP contribution is -2.05. The average Bonchev–Trinajstić information content (AvgIpc) is 2.42. The third-order valence-electron chi connectivity index (χ3n) is 2.92. The second kappa shape index (κ2) is 6.11. The fraction of sp³-hybridized carbons (Fsp3) is 0.143. The van der Waals surface area contributed by atoms with Gasteiger partial charge >= 0.3 is 0 Å². The van der Waals surface area contributed by atoms with Crippen LogP contribution in [0.5, 0.6) is 0 Å². The van der Waals surface area contributed by atoms with Crippen LogP contribution in [0.4, 0.5) is 10.1 Å². The molecule has 2 aromatic rings. The molecular weight excluding hydrogens is 329 g/mol. The normalized spacial score (nSPS) is 12.2. The number of non-ortho nitro benzene ring substituents is 1. The molecule has 0 aliphatic heterocycles. The van der Waals surface area contributed by atoms with Crippen LogP contribution in [-0.2, 0) is 6.42 Å². The molecule has 0 aliphatic rings. The molecule has 1 N–H and O–H groups in total. The highest BCUT2D eigenvalue weighted by molar-refractivity contribution is 9.10. The SMILES string of the molecule is O=[N+]([O-])c1ccc(CC(O)c2cccc(Br)c2F)cc1. The van der Waals surface area contributed by atoms with Crippen LogP contribution < -0.4 is 0 Å². The van der Waals surface area contributed by atoms with Gasteiger partial charge in [0.25, 0.3) is 5.69 Å². The minimum absolute atomic E-state index is 0.0168. The lowest BCUT2D eigenvalue weighted by molar-refractivity contribution is -0.384. The van der Waals surface area contributed by atoms with E-state index < -0.39 is 16.8 Å². The molecule has 0 heterocycles. The van der Waals surface area contributed by atoms with Gasteiger partial charge in [-0.05, 0) is 27.6 Å². The number of nitro groups is 1. The van der Waals surface area contributed by atoms with E-state index in [-0.39, 0.29) is 22.1 Å². The van der Waals surface area contributed by atoms with Crippen molar-refractivity contribution in [3.63, 3.8) is 0 Å². The summed E-state index contributed by atoms with van der Waals surface area (Å²) in [5, 5.41) is 20.6.